The van der Waals surface area contributed by atoms with Crippen molar-refractivity contribution in [2.45, 2.75) is 19.0 Å². The lowest BCUT2D eigenvalue weighted by Gasteiger charge is -2.28. The molecule has 16 heavy (non-hydrogen) atoms. The molecule has 0 spiro atoms. The molecule has 5 heteroatoms. The van der Waals surface area contributed by atoms with E-state index in [4.69, 9.17) is 0 Å². The molecule has 2 aromatic heterocycles. The fraction of sp³-hybridized carbons (Fsp3) is 0.455. The fourth-order valence-corrected chi connectivity index (χ4v) is 3.74. The standard InChI is InChI=1S/C11H13BrN3S/c1-6-10(14-3-2-13-6)8-4-9-11(15-8)7(12)5-16-9/h4-6,10,13,15H,2-3H2,1H3. The Morgan fingerprint density at radius 2 is 2.44 bits per heavy atom. The molecule has 0 aliphatic carbocycles. The number of piperazine rings is 1. The Bertz CT molecular complexity index is 504. The van der Waals surface area contributed by atoms with Gasteiger partial charge in [0.05, 0.1) is 20.7 Å². The molecular formula is C11H13BrN3S. The maximum atomic E-state index is 4.68. The lowest BCUT2D eigenvalue weighted by Crippen LogP contribution is -2.45. The minimum absolute atomic E-state index is 0.264. The van der Waals surface area contributed by atoms with Gasteiger partial charge < -0.3 is 10.3 Å². The van der Waals surface area contributed by atoms with Crippen molar-refractivity contribution in [3.63, 3.8) is 0 Å². The predicted molar refractivity (Wildman–Crippen MR) is 71.1 cm³/mol. The molecule has 0 saturated carbocycles. The predicted octanol–water partition coefficient (Wildman–Crippen LogP) is 2.63. The highest BCUT2D eigenvalue weighted by atomic mass is 79.9. The van der Waals surface area contributed by atoms with Crippen LogP contribution in [0.1, 0.15) is 18.7 Å². The van der Waals surface area contributed by atoms with Gasteiger partial charge in [0.25, 0.3) is 0 Å². The average Bonchev–Trinajstić information content (AvgIpc) is 2.82. The van der Waals surface area contributed by atoms with Crippen molar-refractivity contribution in [3.8, 4) is 0 Å². The summed E-state index contributed by atoms with van der Waals surface area (Å²) >= 11 is 5.31. The summed E-state index contributed by atoms with van der Waals surface area (Å²) in [5.41, 5.74) is 2.43. The van der Waals surface area contributed by atoms with Crippen LogP contribution in [0.3, 0.4) is 0 Å². The van der Waals surface area contributed by atoms with Crippen molar-refractivity contribution in [1.82, 2.24) is 15.6 Å². The minimum atomic E-state index is 0.264. The smallest absolute Gasteiger partial charge is 0.0796 e. The van der Waals surface area contributed by atoms with Crippen LogP contribution in [-0.4, -0.2) is 24.1 Å². The fourth-order valence-electron chi connectivity index (χ4n) is 2.19. The van der Waals surface area contributed by atoms with E-state index in [1.54, 1.807) is 11.3 Å². The van der Waals surface area contributed by atoms with Crippen LogP contribution in [0.2, 0.25) is 0 Å². The third-order valence-electron chi connectivity index (χ3n) is 3.03. The molecule has 0 bridgehead atoms. The number of fused-ring (bicyclic) bond motifs is 1. The first-order chi connectivity index (χ1) is 7.75. The van der Waals surface area contributed by atoms with Crippen LogP contribution in [0.5, 0.6) is 0 Å². The topological polar surface area (TPSA) is 41.9 Å². The van der Waals surface area contributed by atoms with Gasteiger partial charge in [-0.2, -0.15) is 0 Å². The van der Waals surface area contributed by atoms with E-state index in [1.165, 1.54) is 15.9 Å². The largest absolute Gasteiger partial charge is 0.355 e. The van der Waals surface area contributed by atoms with Crippen molar-refractivity contribution >= 4 is 37.5 Å². The summed E-state index contributed by atoms with van der Waals surface area (Å²) in [6.45, 7) is 4.09. The van der Waals surface area contributed by atoms with Crippen LogP contribution in [0.25, 0.3) is 10.2 Å². The van der Waals surface area contributed by atoms with Crippen LogP contribution in [-0.2, 0) is 0 Å². The van der Waals surface area contributed by atoms with Crippen molar-refractivity contribution in [1.29, 1.82) is 0 Å². The van der Waals surface area contributed by atoms with Crippen molar-refractivity contribution in [3.05, 3.63) is 21.6 Å². The van der Waals surface area contributed by atoms with E-state index in [-0.39, 0.29) is 6.04 Å². The van der Waals surface area contributed by atoms with Crippen LogP contribution in [0.15, 0.2) is 15.9 Å². The molecule has 2 atom stereocenters. The van der Waals surface area contributed by atoms with E-state index < -0.39 is 0 Å². The van der Waals surface area contributed by atoms with Gasteiger partial charge in [-0.25, -0.2) is 5.32 Å². The quantitative estimate of drug-likeness (QED) is 0.835. The molecule has 1 aliphatic heterocycles. The second-order valence-electron chi connectivity index (χ2n) is 4.14. The molecule has 0 aromatic carbocycles. The number of hydrogen-bond donors (Lipinski definition) is 2. The van der Waals surface area contributed by atoms with Gasteiger partial charge in [-0.1, -0.05) is 0 Å². The Morgan fingerprint density at radius 1 is 1.56 bits per heavy atom. The molecule has 2 unspecified atom stereocenters. The van der Waals surface area contributed by atoms with Crippen molar-refractivity contribution in [2.24, 2.45) is 0 Å². The van der Waals surface area contributed by atoms with E-state index in [1.807, 2.05) is 0 Å². The van der Waals surface area contributed by atoms with Crippen LogP contribution in [0.4, 0.5) is 0 Å². The minimum Gasteiger partial charge on any atom is -0.355 e. The SMILES string of the molecule is CC1NCC[N]C1c1cc2scc(Br)c2[nH]1. The highest BCUT2D eigenvalue weighted by Gasteiger charge is 2.25. The van der Waals surface area contributed by atoms with Gasteiger partial charge in [-0.05, 0) is 28.9 Å². The van der Waals surface area contributed by atoms with Gasteiger partial charge in [-0.3, -0.25) is 0 Å². The molecule has 2 N–H and O–H groups in total. The summed E-state index contributed by atoms with van der Waals surface area (Å²) in [5.74, 6) is 0. The molecule has 1 radical (unpaired) electrons. The number of rotatable bonds is 1. The normalized spacial score (nSPS) is 26.4. The highest BCUT2D eigenvalue weighted by molar-refractivity contribution is 9.10. The molecule has 2 aromatic rings. The van der Waals surface area contributed by atoms with Gasteiger partial charge in [0.15, 0.2) is 0 Å². The zero-order chi connectivity index (χ0) is 11.1. The van der Waals surface area contributed by atoms with Gasteiger partial charge in [0.1, 0.15) is 0 Å². The van der Waals surface area contributed by atoms with Gasteiger partial charge in [0, 0.05) is 30.2 Å². The molecular weight excluding hydrogens is 286 g/mol. The third kappa shape index (κ3) is 1.72. The summed E-state index contributed by atoms with van der Waals surface area (Å²) in [6.07, 6.45) is 0. The highest BCUT2D eigenvalue weighted by Crippen LogP contribution is 2.33. The summed E-state index contributed by atoms with van der Waals surface area (Å²) in [7, 11) is 0. The zero-order valence-electron chi connectivity index (χ0n) is 8.96. The average molecular weight is 299 g/mol. The van der Waals surface area contributed by atoms with Crippen LogP contribution < -0.4 is 10.6 Å². The number of H-pyrrole nitrogens is 1. The molecule has 1 saturated heterocycles. The molecule has 3 nitrogen and oxygen atoms in total. The number of thiophene rings is 1. The number of hydrogen-bond acceptors (Lipinski definition) is 2. The van der Waals surface area contributed by atoms with Gasteiger partial charge in [-0.15, -0.1) is 11.3 Å². The van der Waals surface area contributed by atoms with E-state index >= 15 is 0 Å². The number of aromatic nitrogens is 1. The number of nitrogens with zero attached hydrogens (tertiary/aromatic N) is 1. The second-order valence-corrected chi connectivity index (χ2v) is 5.91. The summed E-state index contributed by atoms with van der Waals surface area (Å²) in [5, 5.41) is 10.3. The van der Waals surface area contributed by atoms with E-state index in [0.29, 0.717) is 6.04 Å². The lowest BCUT2D eigenvalue weighted by atomic mass is 10.0. The Hall–Kier alpha value is -0.360. The third-order valence-corrected chi connectivity index (χ3v) is 4.88. The van der Waals surface area contributed by atoms with E-state index in [0.717, 1.165) is 17.6 Å². The molecule has 3 rings (SSSR count). The van der Waals surface area contributed by atoms with E-state index in [2.05, 4.69) is 49.9 Å². The van der Waals surface area contributed by atoms with E-state index in [9.17, 15) is 0 Å². The molecule has 1 aliphatic rings. The lowest BCUT2D eigenvalue weighted by molar-refractivity contribution is 0.334. The zero-order valence-corrected chi connectivity index (χ0v) is 11.4. The van der Waals surface area contributed by atoms with Gasteiger partial charge in [0.2, 0.25) is 0 Å². The number of nitrogens with one attached hydrogen (secondary N) is 2. The van der Waals surface area contributed by atoms with Gasteiger partial charge >= 0.3 is 0 Å². The van der Waals surface area contributed by atoms with Crippen molar-refractivity contribution < 1.29 is 0 Å². The molecule has 0 amide bonds. The summed E-state index contributed by atoms with van der Waals surface area (Å²) in [6, 6.07) is 2.91. The van der Waals surface area contributed by atoms with Crippen LogP contribution >= 0.6 is 27.3 Å². The first-order valence-electron chi connectivity index (χ1n) is 5.41. The first-order valence-corrected chi connectivity index (χ1v) is 7.08. The Morgan fingerprint density at radius 3 is 3.19 bits per heavy atom. The van der Waals surface area contributed by atoms with Crippen LogP contribution in [0, 0.1) is 0 Å². The molecule has 1 fully saturated rings. The molecule has 3 heterocycles. The summed E-state index contributed by atoms with van der Waals surface area (Å²) in [4.78, 5) is 3.47. The monoisotopic (exact) mass is 298 g/mol. The van der Waals surface area contributed by atoms with Crippen molar-refractivity contribution in [2.75, 3.05) is 13.1 Å². The number of halogens is 1. The maximum absolute atomic E-state index is 4.68. The second kappa shape index (κ2) is 4.14. The summed E-state index contributed by atoms with van der Waals surface area (Å²) < 4.78 is 2.45. The Kier molecular flexibility index (Phi) is 2.79. The Labute approximate surface area is 107 Å². The first kappa shape index (κ1) is 10.8. The maximum Gasteiger partial charge on any atom is 0.0796 e. The number of aromatic amines is 1. The molecule has 85 valence electrons. The Balaban J connectivity index is 1.98.